The molecule has 0 heterocycles. The number of nitrogens with zero attached hydrogens (tertiary/aromatic N) is 1. The van der Waals surface area contributed by atoms with Crippen molar-refractivity contribution < 1.29 is 9.59 Å². The van der Waals surface area contributed by atoms with Gasteiger partial charge in [0.15, 0.2) is 0 Å². The van der Waals surface area contributed by atoms with E-state index in [9.17, 15) is 9.59 Å². The van der Waals surface area contributed by atoms with Crippen LogP contribution in [-0.4, -0.2) is 23.8 Å². The van der Waals surface area contributed by atoms with Crippen molar-refractivity contribution in [2.75, 3.05) is 12.4 Å². The van der Waals surface area contributed by atoms with E-state index in [1.165, 1.54) is 0 Å². The fourth-order valence-corrected chi connectivity index (χ4v) is 3.18. The molecule has 2 atom stereocenters. The molecule has 1 aliphatic rings. The zero-order valence-electron chi connectivity index (χ0n) is 13.4. The van der Waals surface area contributed by atoms with E-state index in [2.05, 4.69) is 21.2 Å². The number of hydrogen-bond acceptors (Lipinski definition) is 2. The van der Waals surface area contributed by atoms with Crippen molar-refractivity contribution in [2.24, 2.45) is 11.8 Å². The summed E-state index contributed by atoms with van der Waals surface area (Å²) >= 11 is 3.38. The molecule has 1 saturated carbocycles. The van der Waals surface area contributed by atoms with Gasteiger partial charge in [0.05, 0.1) is 11.8 Å². The Balaban J connectivity index is 1.54. The smallest absolute Gasteiger partial charge is 0.228 e. The summed E-state index contributed by atoms with van der Waals surface area (Å²) in [7, 11) is 1.79. The molecule has 1 N–H and O–H groups in total. The van der Waals surface area contributed by atoms with Gasteiger partial charge in [-0.25, -0.2) is 0 Å². The SMILES string of the molecule is CN(Cc1ccccc1)C(=O)C1CC1C(=O)Nc1cccc(Br)c1. The molecule has 0 spiro atoms. The monoisotopic (exact) mass is 386 g/mol. The maximum atomic E-state index is 12.5. The first-order valence-corrected chi connectivity index (χ1v) is 8.69. The van der Waals surface area contributed by atoms with E-state index in [-0.39, 0.29) is 23.7 Å². The Kier molecular flexibility index (Phi) is 5.00. The molecular formula is C19H19BrN2O2. The number of benzene rings is 2. The van der Waals surface area contributed by atoms with E-state index in [4.69, 9.17) is 0 Å². The molecule has 0 aromatic heterocycles. The molecule has 3 rings (SSSR count). The molecule has 1 fully saturated rings. The minimum atomic E-state index is -0.227. The van der Waals surface area contributed by atoms with Gasteiger partial charge in [0.2, 0.25) is 11.8 Å². The van der Waals surface area contributed by atoms with Crippen molar-refractivity contribution >= 4 is 33.4 Å². The third kappa shape index (κ3) is 4.03. The van der Waals surface area contributed by atoms with Crippen LogP contribution in [-0.2, 0) is 16.1 Å². The summed E-state index contributed by atoms with van der Waals surface area (Å²) in [5.74, 6) is -0.478. The van der Waals surface area contributed by atoms with E-state index < -0.39 is 0 Å². The maximum Gasteiger partial charge on any atom is 0.228 e. The van der Waals surface area contributed by atoms with Crippen molar-refractivity contribution in [1.29, 1.82) is 0 Å². The van der Waals surface area contributed by atoms with Crippen molar-refractivity contribution in [1.82, 2.24) is 4.90 Å². The van der Waals surface area contributed by atoms with Gasteiger partial charge in [-0.05, 0) is 30.2 Å². The zero-order valence-corrected chi connectivity index (χ0v) is 15.0. The molecule has 124 valence electrons. The van der Waals surface area contributed by atoms with Crippen molar-refractivity contribution in [3.8, 4) is 0 Å². The van der Waals surface area contributed by atoms with Crippen LogP contribution in [0.15, 0.2) is 59.1 Å². The third-order valence-corrected chi connectivity index (χ3v) is 4.67. The lowest BCUT2D eigenvalue weighted by Crippen LogP contribution is -2.29. The van der Waals surface area contributed by atoms with Gasteiger partial charge in [0, 0.05) is 23.8 Å². The van der Waals surface area contributed by atoms with Crippen molar-refractivity contribution in [3.05, 3.63) is 64.6 Å². The van der Waals surface area contributed by atoms with E-state index >= 15 is 0 Å². The van der Waals surface area contributed by atoms with Crippen LogP contribution in [0.4, 0.5) is 5.69 Å². The Hall–Kier alpha value is -2.14. The van der Waals surface area contributed by atoms with Crippen LogP contribution in [0.5, 0.6) is 0 Å². The highest BCUT2D eigenvalue weighted by molar-refractivity contribution is 9.10. The Morgan fingerprint density at radius 2 is 1.88 bits per heavy atom. The van der Waals surface area contributed by atoms with Gasteiger partial charge in [-0.3, -0.25) is 9.59 Å². The summed E-state index contributed by atoms with van der Waals surface area (Å²) in [4.78, 5) is 26.5. The fraction of sp³-hybridized carbons (Fsp3) is 0.263. The van der Waals surface area contributed by atoms with Crippen LogP contribution in [0.3, 0.4) is 0 Å². The van der Waals surface area contributed by atoms with Crippen LogP contribution < -0.4 is 5.32 Å². The second-order valence-corrected chi connectivity index (χ2v) is 7.04. The summed E-state index contributed by atoms with van der Waals surface area (Å²) in [6.07, 6.45) is 0.623. The minimum absolute atomic E-state index is 0.0354. The van der Waals surface area contributed by atoms with Crippen LogP contribution in [0, 0.1) is 11.8 Å². The number of carbonyl (C=O) groups is 2. The average Bonchev–Trinajstić information content (AvgIpc) is 3.36. The van der Waals surface area contributed by atoms with Crippen LogP contribution >= 0.6 is 15.9 Å². The summed E-state index contributed by atoms with van der Waals surface area (Å²) in [6, 6.07) is 17.3. The lowest BCUT2D eigenvalue weighted by molar-refractivity contribution is -0.133. The molecule has 2 amide bonds. The van der Waals surface area contributed by atoms with Crippen LogP contribution in [0.1, 0.15) is 12.0 Å². The fourth-order valence-electron chi connectivity index (χ4n) is 2.78. The second-order valence-electron chi connectivity index (χ2n) is 6.13. The molecule has 0 aliphatic heterocycles. The quantitative estimate of drug-likeness (QED) is 0.851. The first-order chi connectivity index (χ1) is 11.5. The lowest BCUT2D eigenvalue weighted by atomic mass is 10.2. The Morgan fingerprint density at radius 3 is 2.58 bits per heavy atom. The minimum Gasteiger partial charge on any atom is -0.341 e. The highest BCUT2D eigenvalue weighted by Gasteiger charge is 2.49. The second kappa shape index (κ2) is 7.18. The molecule has 2 aromatic rings. The summed E-state index contributed by atoms with van der Waals surface area (Å²) in [6.45, 7) is 0.566. The van der Waals surface area contributed by atoms with Crippen LogP contribution in [0.25, 0.3) is 0 Å². The molecule has 2 unspecified atom stereocenters. The van der Waals surface area contributed by atoms with Gasteiger partial charge in [-0.2, -0.15) is 0 Å². The number of nitrogens with one attached hydrogen (secondary N) is 1. The number of anilines is 1. The molecule has 0 bridgehead atoms. The zero-order chi connectivity index (χ0) is 17.1. The topological polar surface area (TPSA) is 49.4 Å². The maximum absolute atomic E-state index is 12.5. The third-order valence-electron chi connectivity index (χ3n) is 4.18. The van der Waals surface area contributed by atoms with Crippen molar-refractivity contribution in [2.45, 2.75) is 13.0 Å². The van der Waals surface area contributed by atoms with E-state index in [0.717, 1.165) is 15.7 Å². The average molecular weight is 387 g/mol. The van der Waals surface area contributed by atoms with Gasteiger partial charge in [0.1, 0.15) is 0 Å². The molecule has 0 saturated heterocycles. The van der Waals surface area contributed by atoms with Gasteiger partial charge in [-0.15, -0.1) is 0 Å². The number of amides is 2. The molecular weight excluding hydrogens is 368 g/mol. The number of halogens is 1. The molecule has 0 radical (unpaired) electrons. The van der Waals surface area contributed by atoms with Gasteiger partial charge in [0.25, 0.3) is 0 Å². The Morgan fingerprint density at radius 1 is 1.12 bits per heavy atom. The number of carbonyl (C=O) groups excluding carboxylic acids is 2. The standard InChI is InChI=1S/C19H19BrN2O2/c1-22(12-13-6-3-2-4-7-13)19(24)17-11-16(17)18(23)21-15-9-5-8-14(20)10-15/h2-10,16-17H,11-12H2,1H3,(H,21,23). The molecule has 2 aromatic carbocycles. The van der Waals surface area contributed by atoms with E-state index in [1.54, 1.807) is 11.9 Å². The van der Waals surface area contributed by atoms with Gasteiger partial charge in [-0.1, -0.05) is 52.3 Å². The predicted molar refractivity (Wildman–Crippen MR) is 97.3 cm³/mol. The van der Waals surface area contributed by atoms with E-state index in [0.29, 0.717) is 13.0 Å². The summed E-state index contributed by atoms with van der Waals surface area (Å²) in [5.41, 5.74) is 1.83. The van der Waals surface area contributed by atoms with Gasteiger partial charge < -0.3 is 10.2 Å². The molecule has 1 aliphatic carbocycles. The number of rotatable bonds is 5. The lowest BCUT2D eigenvalue weighted by Gasteiger charge is -2.17. The molecule has 24 heavy (non-hydrogen) atoms. The summed E-state index contributed by atoms with van der Waals surface area (Å²) < 4.78 is 0.909. The van der Waals surface area contributed by atoms with Crippen molar-refractivity contribution in [3.63, 3.8) is 0 Å². The molecule has 5 heteroatoms. The molecule has 4 nitrogen and oxygen atoms in total. The largest absolute Gasteiger partial charge is 0.341 e. The number of hydrogen-bond donors (Lipinski definition) is 1. The van der Waals surface area contributed by atoms with Crippen LogP contribution in [0.2, 0.25) is 0 Å². The first-order valence-electron chi connectivity index (χ1n) is 7.90. The van der Waals surface area contributed by atoms with Gasteiger partial charge >= 0.3 is 0 Å². The normalized spacial score (nSPS) is 18.8. The highest BCUT2D eigenvalue weighted by Crippen LogP contribution is 2.41. The van der Waals surface area contributed by atoms with E-state index in [1.807, 2.05) is 54.6 Å². The first kappa shape index (κ1) is 16.7. The Labute approximate surface area is 150 Å². The summed E-state index contributed by atoms with van der Waals surface area (Å²) in [5, 5.41) is 2.88. The highest BCUT2D eigenvalue weighted by atomic mass is 79.9. The Bertz CT molecular complexity index is 748. The predicted octanol–water partition coefficient (Wildman–Crippen LogP) is 3.68.